The van der Waals surface area contributed by atoms with Gasteiger partial charge in [-0.15, -0.1) is 0 Å². The van der Waals surface area contributed by atoms with Crippen LogP contribution in [-0.2, 0) is 11.3 Å². The van der Waals surface area contributed by atoms with Gasteiger partial charge in [-0.2, -0.15) is 0 Å². The Morgan fingerprint density at radius 1 is 1.19 bits per heavy atom. The Balaban J connectivity index is 1.77. The van der Waals surface area contributed by atoms with E-state index in [1.165, 1.54) is 6.07 Å². The van der Waals surface area contributed by atoms with Gasteiger partial charge in [0.05, 0.1) is 10.5 Å². The molecule has 1 saturated heterocycles. The molecule has 7 nitrogen and oxygen atoms in total. The van der Waals surface area contributed by atoms with Crippen LogP contribution in [0.2, 0.25) is 0 Å². The van der Waals surface area contributed by atoms with Gasteiger partial charge in [-0.05, 0) is 31.0 Å². The molecule has 0 spiro atoms. The Morgan fingerprint density at radius 3 is 2.62 bits per heavy atom. The molecule has 0 saturated carbocycles. The van der Waals surface area contributed by atoms with Crippen molar-refractivity contribution in [2.24, 2.45) is 0 Å². The Labute approximate surface area is 151 Å². The number of hydrogen-bond donors (Lipinski definition) is 0. The van der Waals surface area contributed by atoms with E-state index in [0.717, 1.165) is 44.3 Å². The summed E-state index contributed by atoms with van der Waals surface area (Å²) in [5, 5.41) is 11.5. The number of nitro benzene ring substituents is 1. The molecule has 1 aromatic heterocycles. The van der Waals surface area contributed by atoms with Gasteiger partial charge in [0.15, 0.2) is 0 Å². The number of aromatic nitrogens is 1. The topological polar surface area (TPSA) is 85.6 Å². The monoisotopic (exact) mass is 355 g/mol. The summed E-state index contributed by atoms with van der Waals surface area (Å²) in [6.45, 7) is 1.67. The summed E-state index contributed by atoms with van der Waals surface area (Å²) < 4.78 is 5.24. The lowest BCUT2D eigenvalue weighted by Crippen LogP contribution is -2.24. The van der Waals surface area contributed by atoms with Crippen LogP contribution in [0.3, 0.4) is 0 Å². The molecular formula is C19H21N3O4. The largest absolute Gasteiger partial charge is 0.457 e. The molecule has 0 amide bonds. The van der Waals surface area contributed by atoms with E-state index in [2.05, 4.69) is 4.98 Å². The zero-order valence-electron chi connectivity index (χ0n) is 14.5. The van der Waals surface area contributed by atoms with Crippen LogP contribution < -0.4 is 4.90 Å². The van der Waals surface area contributed by atoms with Gasteiger partial charge in [0.1, 0.15) is 12.3 Å². The Kier molecular flexibility index (Phi) is 5.78. The first kappa shape index (κ1) is 17.8. The summed E-state index contributed by atoms with van der Waals surface area (Å²) in [6.07, 6.45) is 7.57. The van der Waals surface area contributed by atoms with Crippen LogP contribution >= 0.6 is 0 Å². The molecule has 1 aromatic carbocycles. The highest BCUT2D eigenvalue weighted by molar-refractivity contribution is 5.91. The molecule has 3 rings (SSSR count). The molecule has 0 unspecified atom stereocenters. The second-order valence-electron chi connectivity index (χ2n) is 6.30. The normalized spacial score (nSPS) is 14.5. The SMILES string of the molecule is O=C(OCc1cccnc1)c1ccc(N2CCCCCC2)c([N+](=O)[O-])c1. The zero-order valence-corrected chi connectivity index (χ0v) is 14.5. The van der Waals surface area contributed by atoms with Crippen molar-refractivity contribution in [3.05, 3.63) is 64.0 Å². The van der Waals surface area contributed by atoms with E-state index in [0.29, 0.717) is 5.69 Å². The Hall–Kier alpha value is -2.96. The lowest BCUT2D eigenvalue weighted by Gasteiger charge is -2.22. The van der Waals surface area contributed by atoms with Crippen molar-refractivity contribution >= 4 is 17.3 Å². The van der Waals surface area contributed by atoms with Crippen LogP contribution in [0.1, 0.15) is 41.6 Å². The standard InChI is InChI=1S/C19H21N3O4/c23-19(26-14-15-6-5-9-20-13-15)16-7-8-17(18(12-16)22(24)25)21-10-3-1-2-4-11-21/h5-9,12-13H,1-4,10-11,14H2. The van der Waals surface area contributed by atoms with E-state index in [1.807, 2.05) is 4.90 Å². The van der Waals surface area contributed by atoms with Crippen LogP contribution in [0.5, 0.6) is 0 Å². The Morgan fingerprint density at radius 2 is 1.96 bits per heavy atom. The van der Waals surface area contributed by atoms with Gasteiger partial charge in [0.25, 0.3) is 5.69 Å². The molecule has 136 valence electrons. The first-order valence-electron chi connectivity index (χ1n) is 8.74. The summed E-state index contributed by atoms with van der Waals surface area (Å²) in [5.41, 5.74) is 1.46. The number of hydrogen-bond acceptors (Lipinski definition) is 6. The maximum Gasteiger partial charge on any atom is 0.338 e. The van der Waals surface area contributed by atoms with Crippen LogP contribution in [-0.4, -0.2) is 29.0 Å². The molecule has 1 aliphatic rings. The van der Waals surface area contributed by atoms with Gasteiger partial charge in [-0.1, -0.05) is 18.9 Å². The van der Waals surface area contributed by atoms with E-state index in [9.17, 15) is 14.9 Å². The fourth-order valence-corrected chi connectivity index (χ4v) is 3.09. The van der Waals surface area contributed by atoms with Crippen molar-refractivity contribution < 1.29 is 14.5 Å². The van der Waals surface area contributed by atoms with E-state index in [4.69, 9.17) is 4.74 Å². The number of benzene rings is 1. The first-order chi connectivity index (χ1) is 12.6. The number of anilines is 1. The minimum absolute atomic E-state index is 0.0530. The van der Waals surface area contributed by atoms with Crippen molar-refractivity contribution in [2.45, 2.75) is 32.3 Å². The van der Waals surface area contributed by atoms with Crippen LogP contribution in [0.15, 0.2) is 42.7 Å². The number of nitrogens with zero attached hydrogens (tertiary/aromatic N) is 3. The minimum Gasteiger partial charge on any atom is -0.457 e. The predicted octanol–water partition coefficient (Wildman–Crippen LogP) is 3.73. The molecule has 7 heteroatoms. The number of nitro groups is 1. The smallest absolute Gasteiger partial charge is 0.338 e. The molecule has 26 heavy (non-hydrogen) atoms. The van der Waals surface area contributed by atoms with Crippen molar-refractivity contribution in [1.82, 2.24) is 4.98 Å². The van der Waals surface area contributed by atoms with Gasteiger partial charge in [0.2, 0.25) is 0 Å². The summed E-state index contributed by atoms with van der Waals surface area (Å²) in [4.78, 5) is 29.3. The fraction of sp³-hybridized carbons (Fsp3) is 0.368. The first-order valence-corrected chi connectivity index (χ1v) is 8.74. The fourth-order valence-electron chi connectivity index (χ4n) is 3.09. The molecule has 0 bridgehead atoms. The third-order valence-electron chi connectivity index (χ3n) is 4.45. The predicted molar refractivity (Wildman–Crippen MR) is 97.1 cm³/mol. The molecule has 0 N–H and O–H groups in total. The van der Waals surface area contributed by atoms with E-state index in [-0.39, 0.29) is 17.9 Å². The highest BCUT2D eigenvalue weighted by Gasteiger charge is 2.23. The second kappa shape index (κ2) is 8.42. The van der Waals surface area contributed by atoms with Gasteiger partial charge < -0.3 is 9.64 Å². The summed E-state index contributed by atoms with van der Waals surface area (Å²) in [7, 11) is 0. The van der Waals surface area contributed by atoms with Crippen molar-refractivity contribution in [2.75, 3.05) is 18.0 Å². The number of carbonyl (C=O) groups excluding carboxylic acids is 1. The van der Waals surface area contributed by atoms with E-state index >= 15 is 0 Å². The second-order valence-corrected chi connectivity index (χ2v) is 6.30. The molecule has 2 aromatic rings. The minimum atomic E-state index is -0.584. The Bertz CT molecular complexity index is 772. The molecule has 0 aliphatic carbocycles. The highest BCUT2D eigenvalue weighted by atomic mass is 16.6. The summed E-state index contributed by atoms with van der Waals surface area (Å²) in [5.74, 6) is -0.584. The average molecular weight is 355 g/mol. The number of carbonyl (C=O) groups is 1. The van der Waals surface area contributed by atoms with E-state index < -0.39 is 10.9 Å². The third-order valence-corrected chi connectivity index (χ3v) is 4.45. The number of rotatable bonds is 5. The summed E-state index contributed by atoms with van der Waals surface area (Å²) >= 11 is 0. The van der Waals surface area contributed by atoms with Crippen LogP contribution in [0.25, 0.3) is 0 Å². The van der Waals surface area contributed by atoms with Crippen molar-refractivity contribution in [1.29, 1.82) is 0 Å². The number of pyridine rings is 1. The van der Waals surface area contributed by atoms with Crippen LogP contribution in [0.4, 0.5) is 11.4 Å². The summed E-state index contributed by atoms with van der Waals surface area (Å²) in [6, 6.07) is 8.11. The lowest BCUT2D eigenvalue weighted by atomic mass is 10.1. The average Bonchev–Trinajstić information content (AvgIpc) is 2.96. The molecule has 2 heterocycles. The molecule has 0 radical (unpaired) electrons. The lowest BCUT2D eigenvalue weighted by molar-refractivity contribution is -0.384. The van der Waals surface area contributed by atoms with E-state index in [1.54, 1.807) is 36.7 Å². The van der Waals surface area contributed by atoms with Crippen molar-refractivity contribution in [3.63, 3.8) is 0 Å². The number of esters is 1. The van der Waals surface area contributed by atoms with Gasteiger partial charge in [-0.3, -0.25) is 15.1 Å². The van der Waals surface area contributed by atoms with Gasteiger partial charge in [-0.25, -0.2) is 4.79 Å². The zero-order chi connectivity index (χ0) is 18.4. The van der Waals surface area contributed by atoms with Gasteiger partial charge in [0, 0.05) is 37.1 Å². The van der Waals surface area contributed by atoms with Crippen molar-refractivity contribution in [3.8, 4) is 0 Å². The maximum atomic E-state index is 12.3. The molecule has 1 fully saturated rings. The van der Waals surface area contributed by atoms with Gasteiger partial charge >= 0.3 is 5.97 Å². The quantitative estimate of drug-likeness (QED) is 0.461. The molecular weight excluding hydrogens is 334 g/mol. The maximum absolute atomic E-state index is 12.3. The third kappa shape index (κ3) is 4.36. The van der Waals surface area contributed by atoms with Crippen LogP contribution in [0, 0.1) is 10.1 Å². The molecule has 1 aliphatic heterocycles. The number of ether oxygens (including phenoxy) is 1. The highest BCUT2D eigenvalue weighted by Crippen LogP contribution is 2.31. The molecule has 0 atom stereocenters.